The van der Waals surface area contributed by atoms with E-state index in [1.165, 1.54) is 0 Å². The zero-order valence-corrected chi connectivity index (χ0v) is 19.7. The number of esters is 2. The summed E-state index contributed by atoms with van der Waals surface area (Å²) in [5.41, 5.74) is 4.94. The van der Waals surface area contributed by atoms with Crippen molar-refractivity contribution in [2.75, 3.05) is 6.79 Å². The molecule has 2 N–H and O–H groups in total. The molecule has 0 aliphatic heterocycles. The molecule has 1 amide bonds. The molecule has 0 spiro atoms. The van der Waals surface area contributed by atoms with Crippen molar-refractivity contribution in [1.82, 2.24) is 0 Å². The van der Waals surface area contributed by atoms with Crippen molar-refractivity contribution in [2.45, 2.75) is 26.9 Å². The average molecular weight is 512 g/mol. The van der Waals surface area contributed by atoms with Crippen LogP contribution in [0.5, 0.6) is 5.75 Å². The van der Waals surface area contributed by atoms with Gasteiger partial charge in [0, 0.05) is 32.7 Å². The maximum atomic E-state index is 14.3. The lowest BCUT2D eigenvalue weighted by Crippen LogP contribution is -2.15. The molecule has 11 heteroatoms. The van der Waals surface area contributed by atoms with E-state index in [2.05, 4.69) is 0 Å². The number of hydrogen-bond donors (Lipinski definition) is 1. The summed E-state index contributed by atoms with van der Waals surface area (Å²) in [4.78, 5) is 35.6. The van der Waals surface area contributed by atoms with E-state index in [1.54, 1.807) is 18.2 Å². The zero-order valence-electron chi connectivity index (χ0n) is 18.2. The van der Waals surface area contributed by atoms with Gasteiger partial charge in [-0.1, -0.05) is 31.5 Å². The first-order valence-corrected chi connectivity index (χ1v) is 11.2. The summed E-state index contributed by atoms with van der Waals surface area (Å²) in [6, 6.07) is 6.47. The van der Waals surface area contributed by atoms with Gasteiger partial charge in [-0.25, -0.2) is 13.6 Å². The number of ether oxygens (including phenoxy) is 3. The highest BCUT2D eigenvalue weighted by molar-refractivity contribution is 7.21. The van der Waals surface area contributed by atoms with Crippen molar-refractivity contribution in [1.29, 1.82) is 0 Å². The second-order valence-electron chi connectivity index (χ2n) is 7.61. The van der Waals surface area contributed by atoms with Crippen LogP contribution >= 0.6 is 22.9 Å². The molecule has 0 fully saturated rings. The van der Waals surface area contributed by atoms with E-state index in [0.29, 0.717) is 15.1 Å². The Balaban J connectivity index is 1.86. The van der Waals surface area contributed by atoms with Crippen LogP contribution in [0.25, 0.3) is 10.1 Å². The topological polar surface area (TPSA) is 105 Å². The number of primary amides is 1. The minimum absolute atomic E-state index is 0.0672. The Morgan fingerprint density at radius 2 is 1.79 bits per heavy atom. The molecule has 180 valence electrons. The third-order valence-corrected chi connectivity index (χ3v) is 6.07. The average Bonchev–Trinajstić information content (AvgIpc) is 3.12. The van der Waals surface area contributed by atoms with Gasteiger partial charge in [0.25, 0.3) is 0 Å². The molecular weight excluding hydrogens is 492 g/mol. The minimum Gasteiger partial charge on any atom is -0.483 e. The standard InChI is InChI=1S/C23H20ClF2NO6S/c1-11(2)6-18(28)32-10-33-23(30)21-13(19-14(24)4-3-5-17(19)34-21)9-31-20-15(25)7-12(22(27)29)8-16(20)26/h3-5,7-8,11H,6,9-10H2,1-2H3,(H2,27,29). The molecule has 0 saturated carbocycles. The second kappa shape index (κ2) is 10.8. The van der Waals surface area contributed by atoms with Gasteiger partial charge in [0.05, 0.1) is 0 Å². The maximum absolute atomic E-state index is 14.3. The number of fused-ring (bicyclic) bond motifs is 1. The lowest BCUT2D eigenvalue weighted by atomic mass is 10.1. The fourth-order valence-electron chi connectivity index (χ4n) is 3.06. The fraction of sp³-hybridized carbons (Fsp3) is 0.261. The first kappa shape index (κ1) is 25.4. The first-order valence-electron chi connectivity index (χ1n) is 10.0. The van der Waals surface area contributed by atoms with Crippen LogP contribution in [0.4, 0.5) is 8.78 Å². The van der Waals surface area contributed by atoms with Gasteiger partial charge in [-0.2, -0.15) is 0 Å². The molecular formula is C23H20ClF2NO6S. The lowest BCUT2D eigenvalue weighted by Gasteiger charge is -2.11. The van der Waals surface area contributed by atoms with E-state index in [0.717, 1.165) is 23.5 Å². The third-order valence-electron chi connectivity index (χ3n) is 4.58. The highest BCUT2D eigenvalue weighted by Gasteiger charge is 2.24. The highest BCUT2D eigenvalue weighted by Crippen LogP contribution is 2.37. The Morgan fingerprint density at radius 3 is 2.41 bits per heavy atom. The van der Waals surface area contributed by atoms with Crippen LogP contribution in [-0.2, 0) is 20.9 Å². The van der Waals surface area contributed by atoms with E-state index in [-0.39, 0.29) is 28.3 Å². The number of carbonyl (C=O) groups excluding carboxylic acids is 3. The lowest BCUT2D eigenvalue weighted by molar-refractivity contribution is -0.153. The molecule has 0 radical (unpaired) electrons. The van der Waals surface area contributed by atoms with E-state index < -0.39 is 48.6 Å². The van der Waals surface area contributed by atoms with E-state index >= 15 is 0 Å². The summed E-state index contributed by atoms with van der Waals surface area (Å²) in [5, 5.41) is 0.743. The molecule has 34 heavy (non-hydrogen) atoms. The van der Waals surface area contributed by atoms with Crippen molar-refractivity contribution >= 4 is 50.9 Å². The quantitative estimate of drug-likeness (QED) is 0.312. The molecule has 0 unspecified atom stereocenters. The molecule has 0 atom stereocenters. The van der Waals surface area contributed by atoms with Gasteiger partial charge in [0.2, 0.25) is 12.7 Å². The van der Waals surface area contributed by atoms with Gasteiger partial charge in [-0.05, 0) is 30.2 Å². The van der Waals surface area contributed by atoms with Gasteiger partial charge in [0.15, 0.2) is 17.4 Å². The number of carbonyl (C=O) groups is 3. The Hall–Kier alpha value is -3.24. The Labute approximate surface area is 202 Å². The number of thiophene rings is 1. The molecule has 0 aliphatic rings. The van der Waals surface area contributed by atoms with Crippen LogP contribution in [0, 0.1) is 17.6 Å². The summed E-state index contributed by atoms with van der Waals surface area (Å²) in [5.74, 6) is -5.29. The largest absolute Gasteiger partial charge is 0.483 e. The van der Waals surface area contributed by atoms with Gasteiger partial charge in [0.1, 0.15) is 11.5 Å². The monoisotopic (exact) mass is 511 g/mol. The van der Waals surface area contributed by atoms with Crippen molar-refractivity contribution in [3.8, 4) is 5.75 Å². The predicted octanol–water partition coefficient (Wildman–Crippen LogP) is 5.21. The molecule has 0 saturated heterocycles. The van der Waals surface area contributed by atoms with Crippen LogP contribution in [0.1, 0.15) is 45.9 Å². The minimum atomic E-state index is -1.14. The third kappa shape index (κ3) is 5.81. The molecule has 2 aromatic carbocycles. The van der Waals surface area contributed by atoms with E-state index in [1.807, 2.05) is 13.8 Å². The highest BCUT2D eigenvalue weighted by atomic mass is 35.5. The van der Waals surface area contributed by atoms with Crippen LogP contribution in [0.3, 0.4) is 0 Å². The van der Waals surface area contributed by atoms with Crippen LogP contribution in [-0.4, -0.2) is 24.6 Å². The Morgan fingerprint density at radius 1 is 1.12 bits per heavy atom. The predicted molar refractivity (Wildman–Crippen MR) is 122 cm³/mol. The van der Waals surface area contributed by atoms with Crippen LogP contribution in [0.2, 0.25) is 5.02 Å². The van der Waals surface area contributed by atoms with Crippen LogP contribution < -0.4 is 10.5 Å². The molecule has 3 aromatic rings. The molecule has 0 aliphatic carbocycles. The molecule has 1 heterocycles. The molecule has 0 bridgehead atoms. The van der Waals surface area contributed by atoms with E-state index in [9.17, 15) is 23.2 Å². The first-order chi connectivity index (χ1) is 16.1. The number of nitrogens with two attached hydrogens (primary N) is 1. The number of halogens is 3. The summed E-state index contributed by atoms with van der Waals surface area (Å²) in [7, 11) is 0. The fourth-order valence-corrected chi connectivity index (χ4v) is 4.53. The summed E-state index contributed by atoms with van der Waals surface area (Å²) in [6.45, 7) is 2.65. The van der Waals surface area contributed by atoms with E-state index in [4.69, 9.17) is 31.5 Å². The Bertz CT molecular complexity index is 1240. The van der Waals surface area contributed by atoms with Crippen molar-refractivity contribution in [2.24, 2.45) is 11.7 Å². The number of amides is 1. The van der Waals surface area contributed by atoms with Gasteiger partial charge in [-0.3, -0.25) is 9.59 Å². The molecule has 7 nitrogen and oxygen atoms in total. The second-order valence-corrected chi connectivity index (χ2v) is 9.07. The number of rotatable bonds is 9. The zero-order chi connectivity index (χ0) is 25.0. The van der Waals surface area contributed by atoms with Crippen molar-refractivity contribution in [3.63, 3.8) is 0 Å². The SMILES string of the molecule is CC(C)CC(=O)OCOC(=O)c1sc2cccc(Cl)c2c1COc1c(F)cc(C(N)=O)cc1F. The van der Waals surface area contributed by atoms with Gasteiger partial charge >= 0.3 is 11.9 Å². The number of hydrogen-bond acceptors (Lipinski definition) is 7. The molecule has 3 rings (SSSR count). The van der Waals surface area contributed by atoms with Gasteiger partial charge < -0.3 is 19.9 Å². The summed E-state index contributed by atoms with van der Waals surface area (Å²) < 4.78 is 44.6. The maximum Gasteiger partial charge on any atom is 0.351 e. The van der Waals surface area contributed by atoms with Crippen molar-refractivity contribution in [3.05, 3.63) is 63.0 Å². The normalized spacial score (nSPS) is 11.0. The number of benzene rings is 2. The Kier molecular flexibility index (Phi) is 8.06. The molecule has 1 aromatic heterocycles. The summed E-state index contributed by atoms with van der Waals surface area (Å²) in [6.07, 6.45) is 0.167. The summed E-state index contributed by atoms with van der Waals surface area (Å²) >= 11 is 7.34. The van der Waals surface area contributed by atoms with Crippen LogP contribution in [0.15, 0.2) is 30.3 Å². The smallest absolute Gasteiger partial charge is 0.351 e. The van der Waals surface area contributed by atoms with Crippen molar-refractivity contribution < 1.29 is 37.4 Å². The van der Waals surface area contributed by atoms with Gasteiger partial charge in [-0.15, -0.1) is 11.3 Å².